The van der Waals surface area contributed by atoms with Gasteiger partial charge in [-0.25, -0.2) is 4.79 Å². The van der Waals surface area contributed by atoms with Gasteiger partial charge in [0.05, 0.1) is 18.7 Å². The number of esters is 1. The average Bonchev–Trinajstić information content (AvgIpc) is 3.35. The highest BCUT2D eigenvalue weighted by atomic mass is 35.5. The van der Waals surface area contributed by atoms with Crippen LogP contribution in [0.4, 0.5) is 5.00 Å². The predicted molar refractivity (Wildman–Crippen MR) is 127 cm³/mol. The lowest BCUT2D eigenvalue weighted by molar-refractivity contribution is 0.0529. The average molecular weight is 472 g/mol. The molecule has 0 bridgehead atoms. The first-order valence-electron chi connectivity index (χ1n) is 9.44. The van der Waals surface area contributed by atoms with E-state index in [4.69, 9.17) is 21.1 Å². The second-order valence-corrected chi connectivity index (χ2v) is 8.81. The zero-order valence-electron chi connectivity index (χ0n) is 16.7. The summed E-state index contributed by atoms with van der Waals surface area (Å²) in [6.07, 6.45) is 0. The quantitative estimate of drug-likeness (QED) is 0.317. The van der Waals surface area contributed by atoms with Crippen LogP contribution in [0.5, 0.6) is 5.75 Å². The predicted octanol–water partition coefficient (Wildman–Crippen LogP) is 6.72. The van der Waals surface area contributed by atoms with E-state index in [9.17, 15) is 9.59 Å². The third-order valence-corrected chi connectivity index (χ3v) is 7.19. The van der Waals surface area contributed by atoms with Gasteiger partial charge < -0.3 is 14.8 Å². The van der Waals surface area contributed by atoms with E-state index in [1.54, 1.807) is 20.1 Å². The van der Waals surface area contributed by atoms with Crippen LogP contribution in [0.2, 0.25) is 5.02 Å². The van der Waals surface area contributed by atoms with E-state index in [0.29, 0.717) is 31.8 Å². The zero-order chi connectivity index (χ0) is 22.0. The number of anilines is 1. The summed E-state index contributed by atoms with van der Waals surface area (Å²) in [6.45, 7) is 1.98. The summed E-state index contributed by atoms with van der Waals surface area (Å²) in [5.41, 5.74) is 1.92. The molecule has 0 radical (unpaired) electrons. The van der Waals surface area contributed by atoms with Crippen molar-refractivity contribution in [1.82, 2.24) is 0 Å². The number of carbonyl (C=O) groups excluding carboxylic acids is 2. The van der Waals surface area contributed by atoms with Gasteiger partial charge in [-0.15, -0.1) is 22.7 Å². The molecule has 8 heteroatoms. The highest BCUT2D eigenvalue weighted by Crippen LogP contribution is 2.40. The molecule has 2 aromatic heterocycles. The number of hydrogen-bond acceptors (Lipinski definition) is 6. The minimum Gasteiger partial charge on any atom is -0.497 e. The monoisotopic (exact) mass is 471 g/mol. The first-order valence-corrected chi connectivity index (χ1v) is 11.5. The SMILES string of the molecule is CCOC(=O)c1c(-c2ccccc2)csc1NC(=O)c1sc2ccc(OC)cc2c1Cl. The van der Waals surface area contributed by atoms with Gasteiger partial charge >= 0.3 is 5.97 Å². The van der Waals surface area contributed by atoms with Crippen molar-refractivity contribution in [2.45, 2.75) is 6.92 Å². The first kappa shape index (κ1) is 21.4. The van der Waals surface area contributed by atoms with Gasteiger partial charge in [-0.3, -0.25) is 4.79 Å². The summed E-state index contributed by atoms with van der Waals surface area (Å²) in [5, 5.41) is 6.23. The molecule has 31 heavy (non-hydrogen) atoms. The Hall–Kier alpha value is -2.87. The minimum absolute atomic E-state index is 0.236. The molecule has 0 aliphatic rings. The zero-order valence-corrected chi connectivity index (χ0v) is 19.1. The Balaban J connectivity index is 1.71. The highest BCUT2D eigenvalue weighted by molar-refractivity contribution is 7.22. The van der Waals surface area contributed by atoms with Crippen molar-refractivity contribution in [3.8, 4) is 16.9 Å². The fourth-order valence-corrected chi connectivity index (χ4v) is 5.50. The second kappa shape index (κ2) is 9.09. The summed E-state index contributed by atoms with van der Waals surface area (Å²) in [5.74, 6) is -0.197. The van der Waals surface area contributed by atoms with E-state index < -0.39 is 5.97 Å². The van der Waals surface area contributed by atoms with Crippen LogP contribution in [0.25, 0.3) is 21.2 Å². The van der Waals surface area contributed by atoms with Crippen LogP contribution in [-0.2, 0) is 4.74 Å². The maximum atomic E-state index is 13.1. The fraction of sp³-hybridized carbons (Fsp3) is 0.130. The molecule has 2 heterocycles. The van der Waals surface area contributed by atoms with E-state index in [1.165, 1.54) is 22.7 Å². The van der Waals surface area contributed by atoms with E-state index >= 15 is 0 Å². The van der Waals surface area contributed by atoms with Crippen LogP contribution in [0.3, 0.4) is 0 Å². The van der Waals surface area contributed by atoms with Gasteiger partial charge in [-0.1, -0.05) is 41.9 Å². The number of methoxy groups -OCH3 is 1. The van der Waals surface area contributed by atoms with Gasteiger partial charge in [0.15, 0.2) is 0 Å². The number of amides is 1. The number of ether oxygens (including phenoxy) is 2. The number of halogens is 1. The Bertz CT molecular complexity index is 1260. The van der Waals surface area contributed by atoms with E-state index in [0.717, 1.165) is 15.6 Å². The van der Waals surface area contributed by atoms with Crippen LogP contribution in [0.1, 0.15) is 27.0 Å². The number of carbonyl (C=O) groups is 2. The summed E-state index contributed by atoms with van der Waals surface area (Å²) >= 11 is 9.07. The van der Waals surface area contributed by atoms with Crippen molar-refractivity contribution in [3.05, 3.63) is 69.4 Å². The summed E-state index contributed by atoms with van der Waals surface area (Å²) < 4.78 is 11.4. The number of benzene rings is 2. The first-order chi connectivity index (χ1) is 15.0. The highest BCUT2D eigenvalue weighted by Gasteiger charge is 2.25. The number of nitrogens with one attached hydrogen (secondary N) is 1. The Morgan fingerprint density at radius 3 is 2.61 bits per heavy atom. The van der Waals surface area contributed by atoms with Crippen molar-refractivity contribution < 1.29 is 19.1 Å². The van der Waals surface area contributed by atoms with Crippen molar-refractivity contribution in [3.63, 3.8) is 0 Å². The smallest absolute Gasteiger partial charge is 0.341 e. The molecule has 0 aliphatic carbocycles. The maximum Gasteiger partial charge on any atom is 0.341 e. The van der Waals surface area contributed by atoms with Gasteiger partial charge in [0, 0.05) is 21.0 Å². The van der Waals surface area contributed by atoms with Gasteiger partial charge in [-0.05, 0) is 30.7 Å². The van der Waals surface area contributed by atoms with Gasteiger partial charge in [0.1, 0.15) is 21.2 Å². The van der Waals surface area contributed by atoms with Crippen molar-refractivity contribution in [1.29, 1.82) is 0 Å². The van der Waals surface area contributed by atoms with E-state index in [2.05, 4.69) is 5.32 Å². The summed E-state index contributed by atoms with van der Waals surface area (Å²) in [4.78, 5) is 26.2. The van der Waals surface area contributed by atoms with E-state index in [-0.39, 0.29) is 12.5 Å². The lowest BCUT2D eigenvalue weighted by atomic mass is 10.0. The van der Waals surface area contributed by atoms with Gasteiger partial charge in [0.25, 0.3) is 5.91 Å². The van der Waals surface area contributed by atoms with E-state index in [1.807, 2.05) is 47.8 Å². The molecule has 1 amide bonds. The molecule has 2 aromatic carbocycles. The van der Waals surface area contributed by atoms with Crippen LogP contribution in [0.15, 0.2) is 53.9 Å². The number of fused-ring (bicyclic) bond motifs is 1. The molecule has 0 spiro atoms. The van der Waals surface area contributed by atoms with Crippen molar-refractivity contribution >= 4 is 61.2 Å². The normalized spacial score (nSPS) is 10.8. The third kappa shape index (κ3) is 4.17. The maximum absolute atomic E-state index is 13.1. The van der Waals surface area contributed by atoms with Crippen LogP contribution in [-0.4, -0.2) is 25.6 Å². The largest absolute Gasteiger partial charge is 0.497 e. The fourth-order valence-electron chi connectivity index (χ4n) is 3.17. The number of rotatable bonds is 6. The molecule has 0 atom stereocenters. The van der Waals surface area contributed by atoms with Crippen LogP contribution < -0.4 is 10.1 Å². The number of thiophene rings is 2. The molecule has 0 aliphatic heterocycles. The summed E-state index contributed by atoms with van der Waals surface area (Å²) in [7, 11) is 1.58. The molecule has 0 saturated carbocycles. The summed E-state index contributed by atoms with van der Waals surface area (Å²) in [6, 6.07) is 15.0. The van der Waals surface area contributed by atoms with Crippen LogP contribution in [0, 0.1) is 0 Å². The molecular formula is C23H18ClNO4S2. The topological polar surface area (TPSA) is 64.6 Å². The second-order valence-electron chi connectivity index (χ2n) is 6.50. The number of hydrogen-bond donors (Lipinski definition) is 1. The van der Waals surface area contributed by atoms with Gasteiger partial charge in [0.2, 0.25) is 0 Å². The van der Waals surface area contributed by atoms with Gasteiger partial charge in [-0.2, -0.15) is 0 Å². The lowest BCUT2D eigenvalue weighted by Crippen LogP contribution is -2.14. The third-order valence-electron chi connectivity index (χ3n) is 4.62. The molecule has 0 unspecified atom stereocenters. The molecule has 4 aromatic rings. The minimum atomic E-state index is -0.481. The van der Waals surface area contributed by atoms with Crippen molar-refractivity contribution in [2.75, 3.05) is 19.0 Å². The molecule has 4 rings (SSSR count). The molecule has 158 valence electrons. The molecule has 0 saturated heterocycles. The van der Waals surface area contributed by atoms with Crippen LogP contribution >= 0.6 is 34.3 Å². The molecule has 0 fully saturated rings. The Labute approximate surface area is 192 Å². The van der Waals surface area contributed by atoms with Crippen molar-refractivity contribution in [2.24, 2.45) is 0 Å². The molecule has 1 N–H and O–H groups in total. The molecule has 5 nitrogen and oxygen atoms in total. The Morgan fingerprint density at radius 1 is 1.13 bits per heavy atom. The standard InChI is InChI=1S/C23H18ClNO4S2/c1-3-29-23(27)18-16(13-7-5-4-6-8-13)12-30-22(18)25-21(26)20-19(24)15-11-14(28-2)9-10-17(15)31-20/h4-12H,3H2,1-2H3,(H,25,26). The molecular weight excluding hydrogens is 454 g/mol. The Morgan fingerprint density at radius 2 is 1.90 bits per heavy atom. The Kier molecular flexibility index (Phi) is 6.27. The lowest BCUT2D eigenvalue weighted by Gasteiger charge is -2.08.